The molecule has 0 amide bonds. The second kappa shape index (κ2) is 6.00. The number of hydrogen-bond donors (Lipinski definition) is 1. The van der Waals surface area contributed by atoms with Crippen molar-refractivity contribution in [3.63, 3.8) is 0 Å². The third kappa shape index (κ3) is 3.34. The molecule has 2 aromatic rings. The third-order valence-corrected chi connectivity index (χ3v) is 5.57. The van der Waals surface area contributed by atoms with E-state index in [9.17, 15) is 8.42 Å². The Kier molecular flexibility index (Phi) is 4.09. The topological polar surface area (TPSA) is 77.5 Å². The van der Waals surface area contributed by atoms with Gasteiger partial charge in [0, 0.05) is 12.6 Å². The predicted octanol–water partition coefficient (Wildman–Crippen LogP) is 2.11. The van der Waals surface area contributed by atoms with Crippen molar-refractivity contribution in [3.8, 4) is 5.75 Å². The second-order valence-corrected chi connectivity index (χ2v) is 7.28. The highest BCUT2D eigenvalue weighted by atomic mass is 32.2. The van der Waals surface area contributed by atoms with Crippen LogP contribution in [0.2, 0.25) is 0 Å². The number of nitrogens with one attached hydrogen (secondary N) is 1. The molecule has 3 rings (SSSR count). The number of sulfonamides is 1. The number of rotatable bonds is 5. The maximum atomic E-state index is 12.2. The fourth-order valence-electron chi connectivity index (χ4n) is 1.98. The molecule has 2 heterocycles. The van der Waals surface area contributed by atoms with Crippen LogP contribution in [0.4, 0.5) is 5.69 Å². The molecular formula is C13H14N2O4S2. The van der Waals surface area contributed by atoms with Gasteiger partial charge in [-0.25, -0.2) is 8.42 Å². The molecular weight excluding hydrogens is 312 g/mol. The summed E-state index contributed by atoms with van der Waals surface area (Å²) in [5.41, 5.74) is 0.415. The molecule has 0 aliphatic carbocycles. The molecule has 1 atom stereocenters. The Labute approximate surface area is 126 Å². The molecule has 1 fully saturated rings. The highest BCUT2D eigenvalue weighted by molar-refractivity contribution is 7.94. The van der Waals surface area contributed by atoms with Gasteiger partial charge < -0.3 is 9.47 Å². The van der Waals surface area contributed by atoms with Crippen molar-refractivity contribution in [1.29, 1.82) is 0 Å². The van der Waals surface area contributed by atoms with Gasteiger partial charge >= 0.3 is 0 Å². The maximum Gasteiger partial charge on any atom is 0.273 e. The minimum atomic E-state index is -3.63. The molecule has 1 N–H and O–H groups in total. The van der Waals surface area contributed by atoms with E-state index in [0.29, 0.717) is 24.7 Å². The van der Waals surface area contributed by atoms with Gasteiger partial charge in [0.05, 0.1) is 18.9 Å². The quantitative estimate of drug-likeness (QED) is 0.910. The van der Waals surface area contributed by atoms with Gasteiger partial charge in [0.15, 0.2) is 4.21 Å². The SMILES string of the molecule is O=S(=O)(Nc1ccccc1OC1CCOC1)c1ccns1. The normalized spacial score (nSPS) is 18.6. The van der Waals surface area contributed by atoms with E-state index >= 15 is 0 Å². The van der Waals surface area contributed by atoms with E-state index in [0.717, 1.165) is 18.0 Å². The Hall–Kier alpha value is -1.64. The summed E-state index contributed by atoms with van der Waals surface area (Å²) in [7, 11) is -3.63. The lowest BCUT2D eigenvalue weighted by atomic mass is 10.3. The standard InChI is InChI=1S/C13H14N2O4S2/c16-21(17,13-5-7-14-20-13)15-11-3-1-2-4-12(11)19-10-6-8-18-9-10/h1-5,7,10,15H,6,8-9H2. The van der Waals surface area contributed by atoms with Gasteiger partial charge in [0.1, 0.15) is 11.9 Å². The van der Waals surface area contributed by atoms with Crippen molar-refractivity contribution < 1.29 is 17.9 Å². The van der Waals surface area contributed by atoms with E-state index in [1.807, 2.05) is 0 Å². The van der Waals surface area contributed by atoms with Gasteiger partial charge in [-0.1, -0.05) is 12.1 Å². The van der Waals surface area contributed by atoms with Crippen molar-refractivity contribution >= 4 is 27.2 Å². The van der Waals surface area contributed by atoms with E-state index in [4.69, 9.17) is 9.47 Å². The van der Waals surface area contributed by atoms with E-state index in [1.165, 1.54) is 12.3 Å². The Balaban J connectivity index is 1.82. The summed E-state index contributed by atoms with van der Waals surface area (Å²) >= 11 is 0.927. The average molecular weight is 326 g/mol. The number of hydrogen-bond acceptors (Lipinski definition) is 6. The van der Waals surface area contributed by atoms with E-state index in [1.54, 1.807) is 24.3 Å². The highest BCUT2D eigenvalue weighted by Gasteiger charge is 2.21. The van der Waals surface area contributed by atoms with Gasteiger partial charge in [0.2, 0.25) is 0 Å². The third-order valence-electron chi connectivity index (χ3n) is 2.99. The van der Waals surface area contributed by atoms with Gasteiger partial charge in [-0.3, -0.25) is 4.72 Å². The van der Waals surface area contributed by atoms with Gasteiger partial charge in [-0.05, 0) is 29.7 Å². The van der Waals surface area contributed by atoms with Crippen molar-refractivity contribution in [2.75, 3.05) is 17.9 Å². The molecule has 6 nitrogen and oxygen atoms in total. The van der Waals surface area contributed by atoms with Crippen molar-refractivity contribution in [3.05, 3.63) is 36.5 Å². The van der Waals surface area contributed by atoms with Crippen LogP contribution in [0.15, 0.2) is 40.7 Å². The molecule has 0 spiro atoms. The molecule has 0 radical (unpaired) electrons. The largest absolute Gasteiger partial charge is 0.486 e. The molecule has 1 unspecified atom stereocenters. The Bertz CT molecular complexity index is 695. The number of ether oxygens (including phenoxy) is 2. The molecule has 0 bridgehead atoms. The number of aromatic nitrogens is 1. The number of para-hydroxylation sites is 2. The summed E-state index contributed by atoms with van der Waals surface area (Å²) in [6.07, 6.45) is 2.21. The Morgan fingerprint density at radius 2 is 2.19 bits per heavy atom. The first-order chi connectivity index (χ1) is 10.1. The monoisotopic (exact) mass is 326 g/mol. The van der Waals surface area contributed by atoms with Gasteiger partial charge in [-0.2, -0.15) is 4.37 Å². The van der Waals surface area contributed by atoms with E-state index < -0.39 is 10.0 Å². The zero-order valence-corrected chi connectivity index (χ0v) is 12.7. The lowest BCUT2D eigenvalue weighted by Gasteiger charge is -2.16. The van der Waals surface area contributed by atoms with E-state index in [2.05, 4.69) is 9.10 Å². The average Bonchev–Trinajstić information content (AvgIpc) is 3.13. The van der Waals surface area contributed by atoms with Crippen LogP contribution in [0.25, 0.3) is 0 Å². The van der Waals surface area contributed by atoms with Crippen LogP contribution in [0.1, 0.15) is 6.42 Å². The minimum absolute atomic E-state index is 0.0425. The first kappa shape index (κ1) is 14.3. The lowest BCUT2D eigenvalue weighted by molar-refractivity contribution is 0.142. The first-order valence-corrected chi connectivity index (χ1v) is 8.68. The second-order valence-electron chi connectivity index (χ2n) is 4.54. The fourth-order valence-corrected chi connectivity index (χ4v) is 3.77. The predicted molar refractivity (Wildman–Crippen MR) is 79.2 cm³/mol. The summed E-state index contributed by atoms with van der Waals surface area (Å²) in [6, 6.07) is 8.42. The summed E-state index contributed by atoms with van der Waals surface area (Å²) in [6.45, 7) is 1.19. The zero-order valence-electron chi connectivity index (χ0n) is 11.1. The molecule has 1 aliphatic rings. The fraction of sp³-hybridized carbons (Fsp3) is 0.308. The number of anilines is 1. The van der Waals surface area contributed by atoms with Crippen LogP contribution in [0.5, 0.6) is 5.75 Å². The molecule has 1 aliphatic heterocycles. The smallest absolute Gasteiger partial charge is 0.273 e. The van der Waals surface area contributed by atoms with Crippen molar-refractivity contribution in [2.45, 2.75) is 16.7 Å². The van der Waals surface area contributed by atoms with Crippen LogP contribution in [-0.2, 0) is 14.8 Å². The highest BCUT2D eigenvalue weighted by Crippen LogP contribution is 2.29. The van der Waals surface area contributed by atoms with E-state index in [-0.39, 0.29) is 10.3 Å². The molecule has 21 heavy (non-hydrogen) atoms. The van der Waals surface area contributed by atoms with Crippen LogP contribution >= 0.6 is 11.5 Å². The van der Waals surface area contributed by atoms with Crippen LogP contribution in [-0.4, -0.2) is 32.1 Å². The molecule has 112 valence electrons. The molecule has 0 saturated carbocycles. The maximum absolute atomic E-state index is 12.2. The molecule has 8 heteroatoms. The molecule has 1 aromatic carbocycles. The van der Waals surface area contributed by atoms with Crippen LogP contribution < -0.4 is 9.46 Å². The number of benzene rings is 1. The van der Waals surface area contributed by atoms with Crippen molar-refractivity contribution in [2.24, 2.45) is 0 Å². The molecule has 1 aromatic heterocycles. The zero-order chi connectivity index (χ0) is 14.7. The Morgan fingerprint density at radius 1 is 1.33 bits per heavy atom. The Morgan fingerprint density at radius 3 is 2.90 bits per heavy atom. The summed E-state index contributed by atoms with van der Waals surface area (Å²) in [5, 5.41) is 0. The summed E-state index contributed by atoms with van der Waals surface area (Å²) in [4.78, 5) is 0. The lowest BCUT2D eigenvalue weighted by Crippen LogP contribution is -2.18. The summed E-state index contributed by atoms with van der Waals surface area (Å²) < 4.78 is 42.0. The number of nitrogens with zero attached hydrogens (tertiary/aromatic N) is 1. The summed E-state index contributed by atoms with van der Waals surface area (Å²) in [5.74, 6) is 0.501. The van der Waals surface area contributed by atoms with Crippen molar-refractivity contribution in [1.82, 2.24) is 4.37 Å². The van der Waals surface area contributed by atoms with Gasteiger partial charge in [-0.15, -0.1) is 0 Å². The van der Waals surface area contributed by atoms with Crippen LogP contribution in [0, 0.1) is 0 Å². The van der Waals surface area contributed by atoms with Crippen LogP contribution in [0.3, 0.4) is 0 Å². The first-order valence-electron chi connectivity index (χ1n) is 6.42. The van der Waals surface area contributed by atoms with Gasteiger partial charge in [0.25, 0.3) is 10.0 Å². The molecule has 1 saturated heterocycles. The minimum Gasteiger partial charge on any atom is -0.486 e.